The van der Waals surface area contributed by atoms with Gasteiger partial charge in [0.25, 0.3) is 0 Å². The van der Waals surface area contributed by atoms with Crippen molar-refractivity contribution in [3.8, 4) is 0 Å². The van der Waals surface area contributed by atoms with E-state index in [2.05, 4.69) is 22.3 Å². The number of benzene rings is 2. The van der Waals surface area contributed by atoms with Gasteiger partial charge in [-0.3, -0.25) is 9.69 Å². The molecule has 0 bridgehead atoms. The van der Waals surface area contributed by atoms with Gasteiger partial charge in [0.15, 0.2) is 5.82 Å². The number of primary amides is 1. The first-order valence-corrected chi connectivity index (χ1v) is 9.14. The molecule has 1 aliphatic rings. The highest BCUT2D eigenvalue weighted by molar-refractivity contribution is 6.35. The molecule has 1 aliphatic heterocycles. The molecular weight excluding hydrogens is 376 g/mol. The van der Waals surface area contributed by atoms with Gasteiger partial charge in [-0.05, 0) is 30.5 Å². The second kappa shape index (κ2) is 7.82. The fourth-order valence-electron chi connectivity index (χ4n) is 3.27. The Morgan fingerprint density at radius 1 is 1.15 bits per heavy atom. The first-order chi connectivity index (χ1) is 12.4. The van der Waals surface area contributed by atoms with Crippen molar-refractivity contribution in [1.29, 1.82) is 0 Å². The number of carbonyl (C=O) groups excluding carboxylic acids is 1. The summed E-state index contributed by atoms with van der Waals surface area (Å²) in [6, 6.07) is 13.0. The number of nitrogens with zero attached hydrogens (tertiary/aromatic N) is 1. The minimum Gasteiger partial charge on any atom is -0.371 e. The maximum atomic E-state index is 13.6. The number of hydrogen-bond acceptors (Lipinski definition) is 3. The van der Waals surface area contributed by atoms with E-state index in [0.717, 1.165) is 6.54 Å². The summed E-state index contributed by atoms with van der Waals surface area (Å²) < 4.78 is 13.6. The molecule has 0 saturated carbocycles. The van der Waals surface area contributed by atoms with Crippen LogP contribution in [0.25, 0.3) is 0 Å². The van der Waals surface area contributed by atoms with Gasteiger partial charge in [-0.2, -0.15) is 0 Å². The standard InChI is InChI=1S/C19H20Cl2FN3O/c20-15-10-14(11-16(21)17(15)22)24-19(18(23)26)6-8-25(9-7-19)12-13-4-2-1-3-5-13/h1-5,10-11,24H,6-9,12H2,(H2,23,26). The van der Waals surface area contributed by atoms with Crippen LogP contribution in [0.3, 0.4) is 0 Å². The van der Waals surface area contributed by atoms with Gasteiger partial charge >= 0.3 is 0 Å². The van der Waals surface area contributed by atoms with E-state index in [0.29, 0.717) is 31.6 Å². The maximum Gasteiger partial charge on any atom is 0.243 e. The molecule has 1 heterocycles. The average Bonchev–Trinajstić information content (AvgIpc) is 2.62. The molecule has 3 rings (SSSR count). The van der Waals surface area contributed by atoms with Crippen LogP contribution in [0.2, 0.25) is 10.0 Å². The minimum atomic E-state index is -0.905. The van der Waals surface area contributed by atoms with Crippen LogP contribution >= 0.6 is 23.2 Å². The summed E-state index contributed by atoms with van der Waals surface area (Å²) in [5, 5.41) is 2.96. The fourth-order valence-corrected chi connectivity index (χ4v) is 3.76. The van der Waals surface area contributed by atoms with Crippen molar-refractivity contribution in [1.82, 2.24) is 4.90 Å². The van der Waals surface area contributed by atoms with Crippen LogP contribution in [0.4, 0.5) is 10.1 Å². The molecule has 2 aromatic carbocycles. The molecule has 1 amide bonds. The van der Waals surface area contributed by atoms with Crippen molar-refractivity contribution in [2.24, 2.45) is 5.73 Å². The zero-order valence-corrected chi connectivity index (χ0v) is 15.7. The number of likely N-dealkylation sites (tertiary alicyclic amines) is 1. The smallest absolute Gasteiger partial charge is 0.243 e. The third-order valence-corrected chi connectivity index (χ3v) is 5.35. The van der Waals surface area contributed by atoms with Crippen molar-refractivity contribution in [3.05, 3.63) is 63.9 Å². The van der Waals surface area contributed by atoms with E-state index in [1.54, 1.807) is 0 Å². The molecule has 0 unspecified atom stereocenters. The van der Waals surface area contributed by atoms with Crippen LogP contribution < -0.4 is 11.1 Å². The van der Waals surface area contributed by atoms with Gasteiger partial charge in [0.2, 0.25) is 5.91 Å². The van der Waals surface area contributed by atoms with E-state index in [9.17, 15) is 9.18 Å². The maximum absolute atomic E-state index is 13.6. The molecule has 26 heavy (non-hydrogen) atoms. The van der Waals surface area contributed by atoms with Gasteiger partial charge in [-0.25, -0.2) is 4.39 Å². The number of rotatable bonds is 5. The second-order valence-corrected chi connectivity index (χ2v) is 7.40. The van der Waals surface area contributed by atoms with E-state index in [4.69, 9.17) is 28.9 Å². The Balaban J connectivity index is 1.71. The van der Waals surface area contributed by atoms with Gasteiger partial charge in [0, 0.05) is 25.3 Å². The average molecular weight is 396 g/mol. The normalized spacial score (nSPS) is 17.0. The predicted molar refractivity (Wildman–Crippen MR) is 103 cm³/mol. The Kier molecular flexibility index (Phi) is 5.70. The number of hydrogen-bond donors (Lipinski definition) is 2. The third-order valence-electron chi connectivity index (χ3n) is 4.80. The lowest BCUT2D eigenvalue weighted by molar-refractivity contribution is -0.123. The zero-order valence-electron chi connectivity index (χ0n) is 14.1. The van der Waals surface area contributed by atoms with E-state index in [1.165, 1.54) is 17.7 Å². The van der Waals surface area contributed by atoms with Crippen LogP contribution in [-0.4, -0.2) is 29.4 Å². The molecule has 2 aromatic rings. The molecule has 4 nitrogen and oxygen atoms in total. The summed E-state index contributed by atoms with van der Waals surface area (Å²) >= 11 is 11.7. The predicted octanol–water partition coefficient (Wildman–Crippen LogP) is 4.06. The molecule has 0 aliphatic carbocycles. The molecule has 0 atom stereocenters. The number of amides is 1. The summed E-state index contributed by atoms with van der Waals surface area (Å²) in [5.74, 6) is -1.11. The summed E-state index contributed by atoms with van der Waals surface area (Å²) in [7, 11) is 0. The first-order valence-electron chi connectivity index (χ1n) is 8.38. The number of carbonyl (C=O) groups is 1. The van der Waals surface area contributed by atoms with Crippen LogP contribution in [0, 0.1) is 5.82 Å². The number of anilines is 1. The van der Waals surface area contributed by atoms with Crippen LogP contribution in [-0.2, 0) is 11.3 Å². The number of piperidine rings is 1. The Morgan fingerprint density at radius 3 is 2.27 bits per heavy atom. The molecule has 1 fully saturated rings. The van der Waals surface area contributed by atoms with Crippen LogP contribution in [0.15, 0.2) is 42.5 Å². The highest BCUT2D eigenvalue weighted by Crippen LogP contribution is 2.32. The lowest BCUT2D eigenvalue weighted by Crippen LogP contribution is -2.57. The van der Waals surface area contributed by atoms with Gasteiger partial charge < -0.3 is 11.1 Å². The Bertz CT molecular complexity index is 770. The quantitative estimate of drug-likeness (QED) is 0.750. The van der Waals surface area contributed by atoms with E-state index in [1.807, 2.05) is 18.2 Å². The molecule has 3 N–H and O–H groups in total. The van der Waals surface area contributed by atoms with Crippen LogP contribution in [0.5, 0.6) is 0 Å². The summed E-state index contributed by atoms with van der Waals surface area (Å²) in [6.07, 6.45) is 1.09. The van der Waals surface area contributed by atoms with Gasteiger partial charge in [-0.15, -0.1) is 0 Å². The Hall–Kier alpha value is -1.82. The third kappa shape index (κ3) is 4.11. The summed E-state index contributed by atoms with van der Waals surface area (Å²) in [6.45, 7) is 2.25. The second-order valence-electron chi connectivity index (χ2n) is 6.59. The summed E-state index contributed by atoms with van der Waals surface area (Å²) in [4.78, 5) is 14.5. The Morgan fingerprint density at radius 2 is 1.73 bits per heavy atom. The van der Waals surface area contributed by atoms with Crippen molar-refractivity contribution in [2.75, 3.05) is 18.4 Å². The number of nitrogens with one attached hydrogen (secondary N) is 1. The Labute approximate surface area is 162 Å². The first kappa shape index (κ1) is 19.0. The van der Waals surface area contributed by atoms with Crippen molar-refractivity contribution < 1.29 is 9.18 Å². The highest BCUT2D eigenvalue weighted by atomic mass is 35.5. The molecule has 7 heteroatoms. The number of nitrogens with two attached hydrogens (primary N) is 1. The van der Waals surface area contributed by atoms with E-state index >= 15 is 0 Å². The minimum absolute atomic E-state index is 0.0962. The topological polar surface area (TPSA) is 58.4 Å². The lowest BCUT2D eigenvalue weighted by atomic mass is 9.86. The molecule has 1 saturated heterocycles. The largest absolute Gasteiger partial charge is 0.371 e. The lowest BCUT2D eigenvalue weighted by Gasteiger charge is -2.40. The molecule has 0 radical (unpaired) electrons. The molecule has 0 aromatic heterocycles. The van der Waals surface area contributed by atoms with Gasteiger partial charge in [-0.1, -0.05) is 53.5 Å². The molecule has 138 valence electrons. The molecule has 0 spiro atoms. The monoisotopic (exact) mass is 395 g/mol. The van der Waals surface area contributed by atoms with Gasteiger partial charge in [0.1, 0.15) is 5.54 Å². The van der Waals surface area contributed by atoms with Crippen LogP contribution in [0.1, 0.15) is 18.4 Å². The van der Waals surface area contributed by atoms with Crippen molar-refractivity contribution in [2.45, 2.75) is 24.9 Å². The van der Waals surface area contributed by atoms with E-state index < -0.39 is 17.3 Å². The fraction of sp³-hybridized carbons (Fsp3) is 0.316. The van der Waals surface area contributed by atoms with E-state index in [-0.39, 0.29) is 10.0 Å². The number of halogens is 3. The van der Waals surface area contributed by atoms with Crippen molar-refractivity contribution in [3.63, 3.8) is 0 Å². The van der Waals surface area contributed by atoms with Gasteiger partial charge in [0.05, 0.1) is 10.0 Å². The SMILES string of the molecule is NC(=O)C1(Nc2cc(Cl)c(F)c(Cl)c2)CCN(Cc2ccccc2)CC1. The molecular formula is C19H20Cl2FN3O. The van der Waals surface area contributed by atoms with Crippen molar-refractivity contribution >= 4 is 34.8 Å². The summed E-state index contributed by atoms with van der Waals surface area (Å²) in [5.41, 5.74) is 6.50. The zero-order chi connectivity index (χ0) is 18.7. The highest BCUT2D eigenvalue weighted by Gasteiger charge is 2.40.